The molecule has 94 valence electrons. The zero-order valence-corrected chi connectivity index (χ0v) is 9.57. The molecule has 1 aromatic heterocycles. The van der Waals surface area contributed by atoms with E-state index in [0.29, 0.717) is 18.7 Å². The van der Waals surface area contributed by atoms with Crippen molar-refractivity contribution in [3.05, 3.63) is 24.4 Å². The number of ether oxygens (including phenoxy) is 1. The van der Waals surface area contributed by atoms with Crippen molar-refractivity contribution in [2.24, 2.45) is 0 Å². The Morgan fingerprint density at radius 1 is 1.50 bits per heavy atom. The number of carbonyl (C=O) groups is 1. The molecule has 2 aromatic rings. The molecule has 2 heterocycles. The fourth-order valence-electron chi connectivity index (χ4n) is 2.22. The van der Waals surface area contributed by atoms with E-state index in [1.165, 1.54) is 0 Å². The summed E-state index contributed by atoms with van der Waals surface area (Å²) in [4.78, 5) is 13.1. The molecule has 0 aliphatic carbocycles. The van der Waals surface area contributed by atoms with Crippen LogP contribution in [0.25, 0.3) is 11.0 Å². The Morgan fingerprint density at radius 3 is 3.22 bits per heavy atom. The molecule has 0 amide bonds. The SMILES string of the molecule is O=C(O)C1COCCN1c1cccc2oncc12. The van der Waals surface area contributed by atoms with Gasteiger partial charge in [0.25, 0.3) is 0 Å². The van der Waals surface area contributed by atoms with E-state index in [1.54, 1.807) is 6.20 Å². The maximum absolute atomic E-state index is 11.3. The Labute approximate surface area is 103 Å². The Balaban J connectivity index is 2.06. The van der Waals surface area contributed by atoms with Gasteiger partial charge in [-0.15, -0.1) is 0 Å². The maximum Gasteiger partial charge on any atom is 0.328 e. The Bertz CT molecular complexity index is 580. The summed E-state index contributed by atoms with van der Waals surface area (Å²) >= 11 is 0. The zero-order chi connectivity index (χ0) is 12.5. The number of anilines is 1. The molecular formula is C12H12N2O4. The highest BCUT2D eigenvalue weighted by Crippen LogP contribution is 2.29. The van der Waals surface area contributed by atoms with Crippen LogP contribution in [0.1, 0.15) is 0 Å². The van der Waals surface area contributed by atoms with Gasteiger partial charge < -0.3 is 19.3 Å². The van der Waals surface area contributed by atoms with Gasteiger partial charge in [0.05, 0.1) is 30.5 Å². The lowest BCUT2D eigenvalue weighted by Gasteiger charge is -2.34. The Hall–Kier alpha value is -2.08. The van der Waals surface area contributed by atoms with Gasteiger partial charge in [-0.3, -0.25) is 0 Å². The van der Waals surface area contributed by atoms with Crippen LogP contribution in [0.15, 0.2) is 28.9 Å². The van der Waals surface area contributed by atoms with Gasteiger partial charge in [0.1, 0.15) is 0 Å². The first kappa shape index (κ1) is 11.0. The highest BCUT2D eigenvalue weighted by Gasteiger charge is 2.30. The number of carboxylic acids is 1. The summed E-state index contributed by atoms with van der Waals surface area (Å²) in [7, 11) is 0. The average Bonchev–Trinajstić information content (AvgIpc) is 2.86. The lowest BCUT2D eigenvalue weighted by atomic mass is 10.1. The van der Waals surface area contributed by atoms with Crippen LogP contribution in [0.3, 0.4) is 0 Å². The van der Waals surface area contributed by atoms with Gasteiger partial charge in [0.15, 0.2) is 11.6 Å². The van der Waals surface area contributed by atoms with E-state index >= 15 is 0 Å². The molecule has 6 heteroatoms. The molecule has 1 aromatic carbocycles. The maximum atomic E-state index is 11.3. The molecule has 1 atom stereocenters. The minimum atomic E-state index is -0.886. The van der Waals surface area contributed by atoms with Crippen molar-refractivity contribution < 1.29 is 19.2 Å². The van der Waals surface area contributed by atoms with Crippen LogP contribution in [0, 0.1) is 0 Å². The molecule has 0 radical (unpaired) electrons. The molecule has 0 spiro atoms. The number of fused-ring (bicyclic) bond motifs is 1. The van der Waals surface area contributed by atoms with Crippen LogP contribution in [0.5, 0.6) is 0 Å². The molecule has 6 nitrogen and oxygen atoms in total. The van der Waals surface area contributed by atoms with Crippen LogP contribution in [-0.4, -0.2) is 42.0 Å². The Morgan fingerprint density at radius 2 is 2.39 bits per heavy atom. The first-order valence-electron chi connectivity index (χ1n) is 5.68. The number of rotatable bonds is 2. The lowest BCUT2D eigenvalue weighted by Crippen LogP contribution is -2.50. The minimum absolute atomic E-state index is 0.191. The summed E-state index contributed by atoms with van der Waals surface area (Å²) in [6.45, 7) is 1.25. The van der Waals surface area contributed by atoms with E-state index < -0.39 is 12.0 Å². The average molecular weight is 248 g/mol. The highest BCUT2D eigenvalue weighted by atomic mass is 16.5. The molecule has 0 bridgehead atoms. The molecule has 0 saturated carbocycles. The van der Waals surface area contributed by atoms with Gasteiger partial charge in [0.2, 0.25) is 0 Å². The minimum Gasteiger partial charge on any atom is -0.480 e. The topological polar surface area (TPSA) is 75.8 Å². The summed E-state index contributed by atoms with van der Waals surface area (Å²) in [6, 6.07) is 4.85. The van der Waals surface area contributed by atoms with Crippen molar-refractivity contribution in [3.63, 3.8) is 0 Å². The molecule has 1 aliphatic rings. The van der Waals surface area contributed by atoms with Crippen molar-refractivity contribution in [3.8, 4) is 0 Å². The monoisotopic (exact) mass is 248 g/mol. The van der Waals surface area contributed by atoms with Crippen LogP contribution < -0.4 is 4.90 Å². The molecule has 1 fully saturated rings. The second-order valence-electron chi connectivity index (χ2n) is 4.14. The van der Waals surface area contributed by atoms with Gasteiger partial charge >= 0.3 is 5.97 Å². The Kier molecular flexibility index (Phi) is 2.64. The summed E-state index contributed by atoms with van der Waals surface area (Å²) < 4.78 is 10.3. The zero-order valence-electron chi connectivity index (χ0n) is 9.57. The number of aromatic nitrogens is 1. The molecule has 1 aliphatic heterocycles. The molecular weight excluding hydrogens is 236 g/mol. The van der Waals surface area contributed by atoms with Crippen LogP contribution >= 0.6 is 0 Å². The second kappa shape index (κ2) is 4.30. The molecule has 18 heavy (non-hydrogen) atoms. The summed E-state index contributed by atoms with van der Waals surface area (Å²) in [6.07, 6.45) is 1.61. The van der Waals surface area contributed by atoms with E-state index in [-0.39, 0.29) is 6.61 Å². The van der Waals surface area contributed by atoms with Crippen LogP contribution in [0.4, 0.5) is 5.69 Å². The predicted molar refractivity (Wildman–Crippen MR) is 63.6 cm³/mol. The summed E-state index contributed by atoms with van der Waals surface area (Å²) in [5, 5.41) is 13.8. The van der Waals surface area contributed by atoms with Crippen LogP contribution in [-0.2, 0) is 9.53 Å². The van der Waals surface area contributed by atoms with Gasteiger partial charge in [-0.1, -0.05) is 11.2 Å². The van der Waals surface area contributed by atoms with Gasteiger partial charge in [0, 0.05) is 6.54 Å². The van der Waals surface area contributed by atoms with Gasteiger partial charge in [-0.25, -0.2) is 4.79 Å². The molecule has 1 N–H and O–H groups in total. The van der Waals surface area contributed by atoms with Crippen molar-refractivity contribution in [2.45, 2.75) is 6.04 Å². The van der Waals surface area contributed by atoms with Gasteiger partial charge in [-0.2, -0.15) is 0 Å². The number of nitrogens with zero attached hydrogens (tertiary/aromatic N) is 2. The fraction of sp³-hybridized carbons (Fsp3) is 0.333. The standard InChI is InChI=1S/C12H12N2O4/c15-12(16)10-7-17-5-4-14(10)9-2-1-3-11-8(9)6-13-18-11/h1-3,6,10H,4-5,7H2,(H,15,16). The first-order valence-corrected chi connectivity index (χ1v) is 5.68. The smallest absolute Gasteiger partial charge is 0.328 e. The third-order valence-electron chi connectivity index (χ3n) is 3.10. The van der Waals surface area contributed by atoms with E-state index in [9.17, 15) is 9.90 Å². The predicted octanol–water partition coefficient (Wildman–Crippen LogP) is 1.12. The number of benzene rings is 1. The third-order valence-corrected chi connectivity index (χ3v) is 3.10. The first-order chi connectivity index (χ1) is 8.77. The van der Waals surface area contributed by atoms with Crippen molar-refractivity contribution in [1.82, 2.24) is 5.16 Å². The summed E-state index contributed by atoms with van der Waals surface area (Å²) in [5.41, 5.74) is 1.48. The number of hydrogen-bond donors (Lipinski definition) is 1. The number of carboxylic acid groups (broad SMARTS) is 1. The normalized spacial score (nSPS) is 20.2. The lowest BCUT2D eigenvalue weighted by molar-refractivity contribution is -0.141. The second-order valence-corrected chi connectivity index (χ2v) is 4.14. The fourth-order valence-corrected chi connectivity index (χ4v) is 2.22. The number of morpholine rings is 1. The van der Waals surface area contributed by atoms with Crippen molar-refractivity contribution in [2.75, 3.05) is 24.7 Å². The van der Waals surface area contributed by atoms with Crippen molar-refractivity contribution >= 4 is 22.6 Å². The number of aliphatic carboxylic acids is 1. The van der Waals surface area contributed by atoms with E-state index in [4.69, 9.17) is 9.26 Å². The highest BCUT2D eigenvalue weighted by molar-refractivity contribution is 5.92. The van der Waals surface area contributed by atoms with E-state index in [2.05, 4.69) is 5.16 Å². The largest absolute Gasteiger partial charge is 0.480 e. The van der Waals surface area contributed by atoms with Gasteiger partial charge in [-0.05, 0) is 12.1 Å². The van der Waals surface area contributed by atoms with E-state index in [1.807, 2.05) is 23.1 Å². The quantitative estimate of drug-likeness (QED) is 0.858. The third kappa shape index (κ3) is 1.70. The van der Waals surface area contributed by atoms with Crippen molar-refractivity contribution in [1.29, 1.82) is 0 Å². The van der Waals surface area contributed by atoms with E-state index in [0.717, 1.165) is 11.1 Å². The molecule has 3 rings (SSSR count). The van der Waals surface area contributed by atoms with Crippen LogP contribution in [0.2, 0.25) is 0 Å². The molecule has 1 unspecified atom stereocenters. The molecule has 1 saturated heterocycles. The summed E-state index contributed by atoms with van der Waals surface area (Å²) in [5.74, 6) is -0.886. The number of hydrogen-bond acceptors (Lipinski definition) is 5.